The second-order valence-corrected chi connectivity index (χ2v) is 19.2. The molecule has 5 nitrogen and oxygen atoms in total. The van der Waals surface area contributed by atoms with Gasteiger partial charge in [0, 0.05) is 88.1 Å². The molecule has 0 saturated carbocycles. The third-order valence-electron chi connectivity index (χ3n) is 13.2. The quantitative estimate of drug-likeness (QED) is 0.118. The van der Waals surface area contributed by atoms with Crippen molar-refractivity contribution in [3.8, 4) is 50.9 Å². The van der Waals surface area contributed by atoms with Crippen LogP contribution in [0.2, 0.25) is 0 Å². The summed E-state index contributed by atoms with van der Waals surface area (Å²) in [5.74, 6) is 0.773. The van der Waals surface area contributed by atoms with Gasteiger partial charge in [0.25, 0.3) is 6.33 Å². The molecule has 0 amide bonds. The van der Waals surface area contributed by atoms with Gasteiger partial charge in [-0.05, 0) is 132 Å². The molecule has 12 rings (SSSR count). The van der Waals surface area contributed by atoms with Crippen LogP contribution < -0.4 is 9.30 Å². The van der Waals surface area contributed by atoms with Crippen LogP contribution in [0.1, 0.15) is 178 Å². The van der Waals surface area contributed by atoms with Gasteiger partial charge in [-0.15, -0.1) is 29.7 Å². The molecule has 376 valence electrons. The minimum atomic E-state index is -4.69. The molecule has 74 heavy (non-hydrogen) atoms. The van der Waals surface area contributed by atoms with Crippen LogP contribution >= 0.6 is 0 Å². The van der Waals surface area contributed by atoms with E-state index in [2.05, 4.69) is 39.2 Å². The number of para-hydroxylation sites is 4. The zero-order chi connectivity index (χ0) is 81.5. The summed E-state index contributed by atoms with van der Waals surface area (Å²) in [6, 6.07) is 29.9. The fraction of sp³-hybridized carbons (Fsp3) is 0.294. The maximum absolute atomic E-state index is 9.99. The molecule has 0 aliphatic heterocycles. The van der Waals surface area contributed by atoms with E-state index in [4.69, 9.17) is 42.6 Å². The smallest absolute Gasteiger partial charge is 0.268 e. The number of rotatable bonds is 7. The Bertz CT molecular complexity index is 5150. The third-order valence-corrected chi connectivity index (χ3v) is 13.2. The summed E-state index contributed by atoms with van der Waals surface area (Å²) in [4.78, 5) is 4.75. The predicted molar refractivity (Wildman–Crippen MR) is 300 cm³/mol. The van der Waals surface area contributed by atoms with Gasteiger partial charge in [0.1, 0.15) is 5.82 Å². The van der Waals surface area contributed by atoms with Crippen molar-refractivity contribution >= 4 is 32.8 Å². The first-order chi connectivity index (χ1) is 49.5. The first kappa shape index (κ1) is 23.1. The van der Waals surface area contributed by atoms with E-state index in [1.165, 1.54) is 41.0 Å². The van der Waals surface area contributed by atoms with E-state index in [0.717, 1.165) is 44.6 Å². The molecule has 0 spiro atoms. The maximum atomic E-state index is 9.99. The van der Waals surface area contributed by atoms with Crippen LogP contribution in [-0.4, -0.2) is 14.1 Å². The summed E-state index contributed by atoms with van der Waals surface area (Å²) in [5.41, 5.74) is -26.3. The molecule has 0 unspecified atom stereocenters. The summed E-state index contributed by atoms with van der Waals surface area (Å²) in [6.07, 6.45) is -13.9. The van der Waals surface area contributed by atoms with E-state index in [0.29, 0.717) is 23.5 Å². The van der Waals surface area contributed by atoms with Crippen molar-refractivity contribution < 1.29 is 79.7 Å². The zero-order valence-electron chi connectivity index (χ0n) is 75.6. The Morgan fingerprint density at radius 1 is 0.608 bits per heavy atom. The summed E-state index contributed by atoms with van der Waals surface area (Å²) in [6.45, 7) is -29.1. The number of ether oxygens (including phenoxy) is 1. The van der Waals surface area contributed by atoms with Gasteiger partial charge in [-0.3, -0.25) is 4.57 Å². The average molecular weight is 1190 g/mol. The molecule has 7 aromatic carbocycles. The van der Waals surface area contributed by atoms with Crippen molar-refractivity contribution in [2.45, 2.75) is 128 Å². The van der Waals surface area contributed by atoms with Crippen LogP contribution in [-0.2, 0) is 48.1 Å². The number of benzene rings is 7. The van der Waals surface area contributed by atoms with Gasteiger partial charge >= 0.3 is 0 Å². The van der Waals surface area contributed by atoms with Crippen molar-refractivity contribution in [1.82, 2.24) is 14.1 Å². The molecular formula is C68H66N4OPt-2. The number of hydrogen-bond acceptors (Lipinski definition) is 2. The first-order valence-corrected chi connectivity index (χ1v) is 23.1. The molecule has 0 atom stereocenters. The summed E-state index contributed by atoms with van der Waals surface area (Å²) in [5, 5.41) is 1.65. The van der Waals surface area contributed by atoms with Crippen LogP contribution in [0.15, 0.2) is 152 Å². The molecule has 2 aliphatic rings. The van der Waals surface area contributed by atoms with E-state index in [1.54, 1.807) is 18.3 Å². The molecule has 2 aliphatic carbocycles. The van der Waals surface area contributed by atoms with Crippen molar-refractivity contribution in [1.29, 1.82) is 0 Å². The molecule has 3 heterocycles. The summed E-state index contributed by atoms with van der Waals surface area (Å²) >= 11 is 0. The molecule has 6 heteroatoms. The number of hydrogen-bond donors (Lipinski definition) is 0. The average Bonchev–Trinajstić information content (AvgIpc) is 0.688. The molecule has 0 bridgehead atoms. The van der Waals surface area contributed by atoms with E-state index >= 15 is 0 Å². The van der Waals surface area contributed by atoms with Crippen molar-refractivity contribution in [2.75, 3.05) is 0 Å². The van der Waals surface area contributed by atoms with Gasteiger partial charge in [-0.1, -0.05) is 178 Å². The van der Waals surface area contributed by atoms with Gasteiger partial charge in [-0.2, -0.15) is 18.2 Å². The van der Waals surface area contributed by atoms with Gasteiger partial charge < -0.3 is 13.9 Å². The Labute approximate surface area is 503 Å². The van der Waals surface area contributed by atoms with Crippen molar-refractivity contribution in [2.24, 2.45) is 0 Å². The Morgan fingerprint density at radius 2 is 1.19 bits per heavy atom. The minimum absolute atomic E-state index is 0. The standard InChI is InChI=1S/C68H66N4O.Pt/c1-64(2,3)46-32-37-69-62(40-46)72-58-23-13-12-20-52(58)53-29-28-49(42-61(53)72)73-48-19-16-18-47(41-48)70-43-71(60-25-15-14-24-59(60)70)63-50(44-26-30-54-56(38-44)67(8,9)35-33-65(54,4)5)21-17-22-51(63)45-27-31-55-57(39-45)68(10,11)36-34-66(55,6)7;/h12-32,37-40H,33-36H2,1-11H3;/q-2;/i4D3,5D3,6D3,7D3,8D3,9D3,10D3,11D3,26D,27D,30D,31D,33D2,34D2,35D2,36D2;. The van der Waals surface area contributed by atoms with E-state index < -0.39 is 176 Å². The van der Waals surface area contributed by atoms with Crippen LogP contribution in [0.3, 0.4) is 0 Å². The maximum Gasteiger partial charge on any atom is 0.268 e. The normalized spacial score (nSPS) is 27.7. The second kappa shape index (κ2) is 17.8. The number of aromatic nitrogens is 4. The summed E-state index contributed by atoms with van der Waals surface area (Å²) in [7, 11) is 0. The van der Waals surface area contributed by atoms with Crippen LogP contribution in [0.25, 0.3) is 72.3 Å². The van der Waals surface area contributed by atoms with Gasteiger partial charge in [0.05, 0.1) is 22.2 Å². The van der Waals surface area contributed by atoms with Crippen molar-refractivity contribution in [3.63, 3.8) is 0 Å². The fourth-order valence-corrected chi connectivity index (χ4v) is 9.55. The Balaban J connectivity index is 0.0000120. The predicted octanol–water partition coefficient (Wildman–Crippen LogP) is 16.9. The molecule has 0 N–H and O–H groups in total. The molecule has 10 aromatic rings. The van der Waals surface area contributed by atoms with E-state index in [9.17, 15) is 16.4 Å². The Morgan fingerprint density at radius 3 is 1.82 bits per heavy atom. The molecular weight excluding hydrogens is 1080 g/mol. The monoisotopic (exact) mass is 1190 g/mol. The van der Waals surface area contributed by atoms with Crippen LogP contribution in [0.4, 0.5) is 0 Å². The zero-order valence-corrected chi connectivity index (χ0v) is 41.9. The van der Waals surface area contributed by atoms with Crippen LogP contribution in [0, 0.1) is 18.5 Å². The van der Waals surface area contributed by atoms with Gasteiger partial charge in [-0.25, -0.2) is 4.98 Å². The van der Waals surface area contributed by atoms with E-state index in [1.807, 2.05) is 47.0 Å². The van der Waals surface area contributed by atoms with E-state index in [-0.39, 0.29) is 54.7 Å². The van der Waals surface area contributed by atoms with Crippen LogP contribution in [0.5, 0.6) is 11.5 Å². The first-order valence-electron chi connectivity index (χ1n) is 41.1. The number of fused-ring (bicyclic) bond motifs is 6. The molecule has 0 saturated heterocycles. The summed E-state index contributed by atoms with van der Waals surface area (Å²) < 4.78 is 341. The Kier molecular flexibility index (Phi) is 5.57. The third kappa shape index (κ3) is 8.35. The molecule has 3 aromatic heterocycles. The fourth-order valence-electron chi connectivity index (χ4n) is 9.55. The van der Waals surface area contributed by atoms with Crippen molar-refractivity contribution in [3.05, 3.63) is 198 Å². The number of pyridine rings is 1. The van der Waals surface area contributed by atoms with Gasteiger partial charge in [0.2, 0.25) is 0 Å². The molecule has 0 radical (unpaired) electrons. The Hall–Kier alpha value is -6.55. The topological polar surface area (TPSA) is 35.9 Å². The number of nitrogens with zero attached hydrogens (tertiary/aromatic N) is 4. The SMILES string of the molecule is [2H]c1c(-c2cccc(-c3cc4c(c([2H])c3[2H])C(C([2H])([2H])[2H])(C([2H])([2H])[2H])C([2H])([2H])C([2H])([2H])C4(C([2H])([2H])[2H])C([2H])([2H])[2H])c2-[n+]2[c-]n(-c3[c-]c(Oc4[c-]c5c(cc4)c4ccccc4n5-c4cc(C(C)(C)C)ccn4)ccc3)c3ccccc32)cc2c(c1[2H])C(C([2H])([2H])[2H])(C([2H])([2H])[2H])C([2H])([2H])C([2H])([2H])C2(C([2H])([2H])[2H])C([2H])([2H])[2H].[Pt]. The second-order valence-electron chi connectivity index (χ2n) is 19.2. The largest absolute Gasteiger partial charge is 0.510 e. The minimum Gasteiger partial charge on any atom is -0.510 e. The number of imidazole rings is 1. The van der Waals surface area contributed by atoms with Gasteiger partial charge in [0.15, 0.2) is 0 Å². The molecule has 0 fully saturated rings.